The summed E-state index contributed by atoms with van der Waals surface area (Å²) in [6.07, 6.45) is 3.44. The lowest BCUT2D eigenvalue weighted by Gasteiger charge is -2.29. The van der Waals surface area contributed by atoms with E-state index >= 15 is 0 Å². The fraction of sp³-hybridized carbons (Fsp3) is 0.381. The Bertz CT molecular complexity index is 920. The van der Waals surface area contributed by atoms with E-state index in [0.717, 1.165) is 43.5 Å². The SMILES string of the molecule is COc1ccccc1C(CNC(=O)c1ccc(S(C)(=O)=O)cc1)N1CCCC1. The molecule has 1 aliphatic heterocycles. The van der Waals surface area contributed by atoms with E-state index in [0.29, 0.717) is 12.1 Å². The smallest absolute Gasteiger partial charge is 0.251 e. The zero-order valence-corrected chi connectivity index (χ0v) is 17.0. The summed E-state index contributed by atoms with van der Waals surface area (Å²) in [6, 6.07) is 13.9. The van der Waals surface area contributed by atoms with Crippen molar-refractivity contribution < 1.29 is 17.9 Å². The number of carbonyl (C=O) groups excluding carboxylic acids is 1. The Hall–Kier alpha value is -2.38. The third-order valence-corrected chi connectivity index (χ3v) is 6.21. The van der Waals surface area contributed by atoms with Crippen molar-refractivity contribution in [2.45, 2.75) is 23.8 Å². The van der Waals surface area contributed by atoms with Gasteiger partial charge in [-0.25, -0.2) is 8.42 Å². The van der Waals surface area contributed by atoms with Gasteiger partial charge in [0.2, 0.25) is 0 Å². The highest BCUT2D eigenvalue weighted by atomic mass is 32.2. The highest BCUT2D eigenvalue weighted by Gasteiger charge is 2.26. The van der Waals surface area contributed by atoms with Crippen LogP contribution in [0.4, 0.5) is 0 Å². The van der Waals surface area contributed by atoms with Crippen LogP contribution >= 0.6 is 0 Å². The number of rotatable bonds is 7. The number of nitrogens with zero attached hydrogens (tertiary/aromatic N) is 1. The number of benzene rings is 2. The van der Waals surface area contributed by atoms with E-state index in [1.165, 1.54) is 12.1 Å². The van der Waals surface area contributed by atoms with Crippen LogP contribution in [0, 0.1) is 0 Å². The predicted octanol–water partition coefficient (Wildman–Crippen LogP) is 2.67. The molecule has 1 heterocycles. The Morgan fingerprint density at radius 1 is 1.11 bits per heavy atom. The number of amides is 1. The molecular weight excluding hydrogens is 376 g/mol. The first kappa shape index (κ1) is 20.4. The van der Waals surface area contributed by atoms with Gasteiger partial charge >= 0.3 is 0 Å². The molecular formula is C21H26N2O4S. The first-order chi connectivity index (χ1) is 13.4. The van der Waals surface area contributed by atoms with E-state index < -0.39 is 9.84 Å². The monoisotopic (exact) mass is 402 g/mol. The number of sulfone groups is 1. The number of para-hydroxylation sites is 1. The fourth-order valence-corrected chi connectivity index (χ4v) is 4.21. The summed E-state index contributed by atoms with van der Waals surface area (Å²) >= 11 is 0. The Balaban J connectivity index is 1.75. The maximum absolute atomic E-state index is 12.6. The molecule has 3 rings (SSSR count). The number of likely N-dealkylation sites (tertiary alicyclic amines) is 1. The average molecular weight is 403 g/mol. The van der Waals surface area contributed by atoms with E-state index in [1.54, 1.807) is 19.2 Å². The maximum atomic E-state index is 12.6. The number of nitrogens with one attached hydrogen (secondary N) is 1. The van der Waals surface area contributed by atoms with Gasteiger partial charge in [-0.2, -0.15) is 0 Å². The van der Waals surface area contributed by atoms with Crippen LogP contribution < -0.4 is 10.1 Å². The van der Waals surface area contributed by atoms with Crippen molar-refractivity contribution in [2.75, 3.05) is 33.0 Å². The molecule has 6 nitrogen and oxygen atoms in total. The van der Waals surface area contributed by atoms with Gasteiger partial charge in [0.25, 0.3) is 5.91 Å². The van der Waals surface area contributed by atoms with E-state index in [2.05, 4.69) is 10.2 Å². The summed E-state index contributed by atoms with van der Waals surface area (Å²) in [7, 11) is -1.62. The normalized spacial score (nSPS) is 15.9. The molecule has 1 atom stereocenters. The van der Waals surface area contributed by atoms with E-state index in [1.807, 2.05) is 24.3 Å². The van der Waals surface area contributed by atoms with Gasteiger partial charge < -0.3 is 10.1 Å². The van der Waals surface area contributed by atoms with Crippen molar-refractivity contribution in [1.82, 2.24) is 10.2 Å². The van der Waals surface area contributed by atoms with Gasteiger partial charge in [0.1, 0.15) is 5.75 Å². The van der Waals surface area contributed by atoms with Crippen molar-refractivity contribution in [3.05, 3.63) is 59.7 Å². The molecule has 1 unspecified atom stereocenters. The number of methoxy groups -OCH3 is 1. The number of hydrogen-bond donors (Lipinski definition) is 1. The lowest BCUT2D eigenvalue weighted by molar-refractivity contribution is 0.0937. The second kappa shape index (κ2) is 8.75. The quantitative estimate of drug-likeness (QED) is 0.771. The third-order valence-electron chi connectivity index (χ3n) is 5.08. The summed E-state index contributed by atoms with van der Waals surface area (Å²) in [5.74, 6) is 0.588. The van der Waals surface area contributed by atoms with Crippen LogP contribution in [0.25, 0.3) is 0 Å². The molecule has 0 aliphatic carbocycles. The molecule has 1 fully saturated rings. The van der Waals surface area contributed by atoms with Crippen molar-refractivity contribution in [1.29, 1.82) is 0 Å². The lowest BCUT2D eigenvalue weighted by Crippen LogP contribution is -2.37. The number of hydrogen-bond acceptors (Lipinski definition) is 5. The minimum atomic E-state index is -3.28. The number of carbonyl (C=O) groups is 1. The summed E-state index contributed by atoms with van der Waals surface area (Å²) < 4.78 is 28.7. The van der Waals surface area contributed by atoms with Crippen LogP contribution in [0.2, 0.25) is 0 Å². The van der Waals surface area contributed by atoms with Crippen LogP contribution in [0.15, 0.2) is 53.4 Å². The Morgan fingerprint density at radius 3 is 2.36 bits per heavy atom. The minimum absolute atomic E-state index is 0.0258. The van der Waals surface area contributed by atoms with Crippen LogP contribution in [0.1, 0.15) is 34.8 Å². The highest BCUT2D eigenvalue weighted by Crippen LogP contribution is 2.31. The van der Waals surface area contributed by atoms with Crippen LogP contribution in [-0.4, -0.2) is 52.2 Å². The molecule has 0 radical (unpaired) electrons. The Morgan fingerprint density at radius 2 is 1.75 bits per heavy atom. The van der Waals surface area contributed by atoms with E-state index in [-0.39, 0.29) is 16.8 Å². The van der Waals surface area contributed by atoms with Gasteiger partial charge in [0.05, 0.1) is 18.0 Å². The standard InChI is InChI=1S/C21H26N2O4S/c1-27-20-8-4-3-7-18(20)19(23-13-5-6-14-23)15-22-21(24)16-9-11-17(12-10-16)28(2,25)26/h3-4,7-12,19H,5-6,13-15H2,1-2H3,(H,22,24). The van der Waals surface area contributed by atoms with Gasteiger partial charge in [-0.1, -0.05) is 18.2 Å². The topological polar surface area (TPSA) is 75.7 Å². The molecule has 2 aromatic carbocycles. The van der Waals surface area contributed by atoms with Gasteiger partial charge in [0.15, 0.2) is 9.84 Å². The van der Waals surface area contributed by atoms with Crippen molar-refractivity contribution in [2.24, 2.45) is 0 Å². The fourth-order valence-electron chi connectivity index (χ4n) is 3.58. The van der Waals surface area contributed by atoms with E-state index in [4.69, 9.17) is 4.74 Å². The predicted molar refractivity (Wildman–Crippen MR) is 108 cm³/mol. The van der Waals surface area contributed by atoms with Crippen LogP contribution in [0.5, 0.6) is 5.75 Å². The molecule has 7 heteroatoms. The summed E-state index contributed by atoms with van der Waals surface area (Å²) in [6.45, 7) is 2.43. The Kier molecular flexibility index (Phi) is 6.36. The molecule has 1 aliphatic rings. The van der Waals surface area contributed by atoms with Gasteiger partial charge in [-0.3, -0.25) is 9.69 Å². The molecule has 150 valence electrons. The first-order valence-corrected chi connectivity index (χ1v) is 11.2. The molecule has 0 spiro atoms. The summed E-state index contributed by atoms with van der Waals surface area (Å²) in [5.41, 5.74) is 1.49. The zero-order valence-electron chi connectivity index (χ0n) is 16.2. The van der Waals surface area contributed by atoms with Gasteiger partial charge in [-0.05, 0) is 56.3 Å². The van der Waals surface area contributed by atoms with Crippen LogP contribution in [-0.2, 0) is 9.84 Å². The molecule has 1 amide bonds. The molecule has 0 aromatic heterocycles. The second-order valence-corrected chi connectivity index (χ2v) is 9.02. The lowest BCUT2D eigenvalue weighted by atomic mass is 10.0. The molecule has 1 saturated heterocycles. The van der Waals surface area contributed by atoms with Gasteiger partial charge in [-0.15, -0.1) is 0 Å². The van der Waals surface area contributed by atoms with Crippen LogP contribution in [0.3, 0.4) is 0 Å². The Labute approximate surface area is 166 Å². The van der Waals surface area contributed by atoms with Crippen molar-refractivity contribution in [3.8, 4) is 5.75 Å². The highest BCUT2D eigenvalue weighted by molar-refractivity contribution is 7.90. The van der Waals surface area contributed by atoms with E-state index in [9.17, 15) is 13.2 Å². The first-order valence-electron chi connectivity index (χ1n) is 9.35. The average Bonchev–Trinajstić information content (AvgIpc) is 3.22. The number of ether oxygens (including phenoxy) is 1. The summed E-state index contributed by atoms with van der Waals surface area (Å²) in [4.78, 5) is 15.2. The molecule has 2 aromatic rings. The second-order valence-electron chi connectivity index (χ2n) is 7.01. The molecule has 0 bridgehead atoms. The van der Waals surface area contributed by atoms with Gasteiger partial charge in [0, 0.05) is 23.9 Å². The van der Waals surface area contributed by atoms with Crippen molar-refractivity contribution >= 4 is 15.7 Å². The molecule has 0 saturated carbocycles. The molecule has 28 heavy (non-hydrogen) atoms. The largest absolute Gasteiger partial charge is 0.496 e. The zero-order chi connectivity index (χ0) is 20.1. The maximum Gasteiger partial charge on any atom is 0.251 e. The minimum Gasteiger partial charge on any atom is -0.496 e. The third kappa shape index (κ3) is 4.72. The van der Waals surface area contributed by atoms with Crippen molar-refractivity contribution in [3.63, 3.8) is 0 Å². The molecule has 1 N–H and O–H groups in total. The summed E-state index contributed by atoms with van der Waals surface area (Å²) in [5, 5.41) is 3.00.